The van der Waals surface area contributed by atoms with E-state index in [1.165, 1.54) is 18.4 Å². The van der Waals surface area contributed by atoms with Crippen LogP contribution in [0.3, 0.4) is 0 Å². The molecule has 0 aromatic rings. The van der Waals surface area contributed by atoms with Crippen LogP contribution in [0, 0.1) is 23.7 Å². The standard InChI is InChI=1S/C14H28/c1-8-12(7)14(11(5)6)13(9-2)10(3)4/h11-14H,3,8-9H2,1-2,4-7H3/t12?,13?,14-/m0/s1. The van der Waals surface area contributed by atoms with Crippen molar-refractivity contribution in [3.63, 3.8) is 0 Å². The lowest BCUT2D eigenvalue weighted by Crippen LogP contribution is -2.26. The van der Waals surface area contributed by atoms with Crippen LogP contribution < -0.4 is 0 Å². The molecule has 0 aromatic heterocycles. The van der Waals surface area contributed by atoms with Gasteiger partial charge in [0.2, 0.25) is 0 Å². The van der Waals surface area contributed by atoms with Crippen molar-refractivity contribution in [3.05, 3.63) is 12.2 Å². The lowest BCUT2D eigenvalue weighted by molar-refractivity contribution is 0.189. The van der Waals surface area contributed by atoms with E-state index in [0.29, 0.717) is 5.92 Å². The Morgan fingerprint density at radius 1 is 1.07 bits per heavy atom. The average molecular weight is 196 g/mol. The summed E-state index contributed by atoms with van der Waals surface area (Å²) in [5, 5.41) is 0. The van der Waals surface area contributed by atoms with Crippen molar-refractivity contribution in [1.29, 1.82) is 0 Å². The first-order valence-corrected chi connectivity index (χ1v) is 6.10. The maximum absolute atomic E-state index is 4.15. The third-order valence-electron chi connectivity index (χ3n) is 3.61. The van der Waals surface area contributed by atoms with Gasteiger partial charge in [-0.05, 0) is 37.0 Å². The minimum absolute atomic E-state index is 0.713. The molecule has 0 fully saturated rings. The predicted molar refractivity (Wildman–Crippen MR) is 66.4 cm³/mol. The number of allylic oxidation sites excluding steroid dienone is 1. The first-order chi connectivity index (χ1) is 6.45. The molecule has 0 heterocycles. The van der Waals surface area contributed by atoms with Crippen molar-refractivity contribution >= 4 is 0 Å². The van der Waals surface area contributed by atoms with Crippen LogP contribution in [0.4, 0.5) is 0 Å². The van der Waals surface area contributed by atoms with Crippen molar-refractivity contribution in [2.45, 2.75) is 54.4 Å². The predicted octanol–water partition coefficient (Wildman–Crippen LogP) is 4.91. The van der Waals surface area contributed by atoms with Gasteiger partial charge < -0.3 is 0 Å². The molecule has 0 aromatic carbocycles. The monoisotopic (exact) mass is 196 g/mol. The molecule has 3 atom stereocenters. The Bertz CT molecular complexity index is 167. The van der Waals surface area contributed by atoms with Crippen molar-refractivity contribution in [1.82, 2.24) is 0 Å². The van der Waals surface area contributed by atoms with Gasteiger partial charge in [-0.2, -0.15) is 0 Å². The number of hydrogen-bond donors (Lipinski definition) is 0. The fourth-order valence-corrected chi connectivity index (χ4v) is 2.74. The molecule has 0 amide bonds. The molecule has 0 spiro atoms. The van der Waals surface area contributed by atoms with Crippen LogP contribution in [-0.2, 0) is 0 Å². The molecule has 0 radical (unpaired) electrons. The molecule has 0 saturated carbocycles. The summed E-state index contributed by atoms with van der Waals surface area (Å²) in [6.45, 7) is 18.0. The summed E-state index contributed by atoms with van der Waals surface area (Å²) in [6, 6.07) is 0. The molecule has 0 aliphatic rings. The molecule has 0 saturated heterocycles. The second-order valence-electron chi connectivity index (χ2n) is 5.07. The smallest absolute Gasteiger partial charge is 0.0178 e. The number of hydrogen-bond acceptors (Lipinski definition) is 0. The molecule has 84 valence electrons. The van der Waals surface area contributed by atoms with E-state index in [1.807, 2.05) is 0 Å². The second-order valence-corrected chi connectivity index (χ2v) is 5.07. The van der Waals surface area contributed by atoms with Crippen molar-refractivity contribution in [3.8, 4) is 0 Å². The van der Waals surface area contributed by atoms with Crippen LogP contribution in [0.15, 0.2) is 12.2 Å². The second kappa shape index (κ2) is 6.27. The van der Waals surface area contributed by atoms with Gasteiger partial charge in [-0.15, -0.1) is 0 Å². The van der Waals surface area contributed by atoms with Crippen LogP contribution in [0.1, 0.15) is 54.4 Å². The van der Waals surface area contributed by atoms with Gasteiger partial charge in [-0.25, -0.2) is 0 Å². The van der Waals surface area contributed by atoms with Crippen LogP contribution in [0.2, 0.25) is 0 Å². The third-order valence-corrected chi connectivity index (χ3v) is 3.61. The van der Waals surface area contributed by atoms with E-state index in [1.54, 1.807) is 0 Å². The Kier molecular flexibility index (Phi) is 6.15. The zero-order chi connectivity index (χ0) is 11.3. The summed E-state index contributed by atoms with van der Waals surface area (Å²) >= 11 is 0. The van der Waals surface area contributed by atoms with Crippen LogP contribution in [0.25, 0.3) is 0 Å². The Morgan fingerprint density at radius 3 is 1.79 bits per heavy atom. The Morgan fingerprint density at radius 2 is 1.57 bits per heavy atom. The highest BCUT2D eigenvalue weighted by Gasteiger charge is 2.27. The fourth-order valence-electron chi connectivity index (χ4n) is 2.74. The van der Waals surface area contributed by atoms with E-state index < -0.39 is 0 Å². The van der Waals surface area contributed by atoms with E-state index in [2.05, 4.69) is 48.1 Å². The van der Waals surface area contributed by atoms with E-state index >= 15 is 0 Å². The maximum Gasteiger partial charge on any atom is -0.0178 e. The largest absolute Gasteiger partial charge is 0.0999 e. The SMILES string of the molecule is C=C(C)C(CC)[C@@H](C(C)C)C(C)CC. The molecule has 0 N–H and O–H groups in total. The summed E-state index contributed by atoms with van der Waals surface area (Å²) in [5.74, 6) is 3.11. The molecule has 0 bridgehead atoms. The van der Waals surface area contributed by atoms with Crippen LogP contribution in [-0.4, -0.2) is 0 Å². The fraction of sp³-hybridized carbons (Fsp3) is 0.857. The number of rotatable bonds is 6. The topological polar surface area (TPSA) is 0 Å². The molecule has 0 aliphatic carbocycles. The summed E-state index contributed by atoms with van der Waals surface area (Å²) in [6.07, 6.45) is 2.52. The van der Waals surface area contributed by atoms with Gasteiger partial charge in [0.15, 0.2) is 0 Å². The first-order valence-electron chi connectivity index (χ1n) is 6.10. The lowest BCUT2D eigenvalue weighted by Gasteiger charge is -2.34. The van der Waals surface area contributed by atoms with Gasteiger partial charge >= 0.3 is 0 Å². The van der Waals surface area contributed by atoms with Crippen LogP contribution in [0.5, 0.6) is 0 Å². The van der Waals surface area contributed by atoms with Crippen molar-refractivity contribution < 1.29 is 0 Å². The quantitative estimate of drug-likeness (QED) is 0.530. The summed E-state index contributed by atoms with van der Waals surface area (Å²) in [5.41, 5.74) is 1.37. The van der Waals surface area contributed by atoms with Crippen LogP contribution >= 0.6 is 0 Å². The summed E-state index contributed by atoms with van der Waals surface area (Å²) in [7, 11) is 0. The molecule has 0 aliphatic heterocycles. The molecule has 0 heteroatoms. The molecule has 0 rings (SSSR count). The van der Waals surface area contributed by atoms with Gasteiger partial charge in [0, 0.05) is 0 Å². The Labute approximate surface area is 90.8 Å². The van der Waals surface area contributed by atoms with E-state index in [-0.39, 0.29) is 0 Å². The van der Waals surface area contributed by atoms with Gasteiger partial charge in [-0.1, -0.05) is 53.2 Å². The summed E-state index contributed by atoms with van der Waals surface area (Å²) < 4.78 is 0. The minimum Gasteiger partial charge on any atom is -0.0999 e. The molecular weight excluding hydrogens is 168 g/mol. The molecule has 14 heavy (non-hydrogen) atoms. The van der Waals surface area contributed by atoms with Gasteiger partial charge in [0.05, 0.1) is 0 Å². The third kappa shape index (κ3) is 3.48. The zero-order valence-corrected chi connectivity index (χ0v) is 10.9. The van der Waals surface area contributed by atoms with Gasteiger partial charge in [-0.3, -0.25) is 0 Å². The normalized spacial score (nSPS) is 17.9. The molecule has 0 nitrogen and oxygen atoms in total. The highest BCUT2D eigenvalue weighted by atomic mass is 14.3. The average Bonchev–Trinajstić information content (AvgIpc) is 2.11. The molecular formula is C14H28. The molecule has 2 unspecified atom stereocenters. The Balaban J connectivity index is 4.69. The van der Waals surface area contributed by atoms with Gasteiger partial charge in [0.1, 0.15) is 0 Å². The Hall–Kier alpha value is -0.260. The van der Waals surface area contributed by atoms with E-state index in [0.717, 1.165) is 17.8 Å². The van der Waals surface area contributed by atoms with Crippen molar-refractivity contribution in [2.75, 3.05) is 0 Å². The first kappa shape index (κ1) is 13.7. The zero-order valence-electron chi connectivity index (χ0n) is 10.9. The highest BCUT2D eigenvalue weighted by molar-refractivity contribution is 5.00. The van der Waals surface area contributed by atoms with Gasteiger partial charge in [0.25, 0.3) is 0 Å². The lowest BCUT2D eigenvalue weighted by atomic mass is 9.71. The van der Waals surface area contributed by atoms with E-state index in [4.69, 9.17) is 0 Å². The summed E-state index contributed by atoms with van der Waals surface area (Å²) in [4.78, 5) is 0. The minimum atomic E-state index is 0.713. The maximum atomic E-state index is 4.15. The van der Waals surface area contributed by atoms with Crippen molar-refractivity contribution in [2.24, 2.45) is 23.7 Å². The highest BCUT2D eigenvalue weighted by Crippen LogP contribution is 2.36. The van der Waals surface area contributed by atoms with E-state index in [9.17, 15) is 0 Å².